The third-order valence-electron chi connectivity index (χ3n) is 2.72. The summed E-state index contributed by atoms with van der Waals surface area (Å²) < 4.78 is 25.4. The lowest BCUT2D eigenvalue weighted by Gasteiger charge is -2.16. The molecule has 6 heteroatoms. The van der Waals surface area contributed by atoms with Crippen LogP contribution < -0.4 is 5.32 Å². The average Bonchev–Trinajstić information content (AvgIpc) is 2.38. The van der Waals surface area contributed by atoms with Gasteiger partial charge in [0, 0.05) is 31.9 Å². The van der Waals surface area contributed by atoms with Crippen LogP contribution in [0, 0.1) is 0 Å². The van der Waals surface area contributed by atoms with Gasteiger partial charge in [0.1, 0.15) is 0 Å². The Labute approximate surface area is 109 Å². The first-order chi connectivity index (χ1) is 8.56. The number of aromatic nitrogens is 1. The normalized spacial score (nSPS) is 11.9. The first kappa shape index (κ1) is 15.1. The van der Waals surface area contributed by atoms with Crippen molar-refractivity contribution in [1.29, 1.82) is 0 Å². The standard InChI is InChI=1S/C12H21N3O2S/c1-13-8-5-10-15(2)18(16,17)11-7-12-6-3-4-9-14-12/h3-4,6,9,13H,5,7-8,10-11H2,1-2H3. The zero-order valence-corrected chi connectivity index (χ0v) is 11.8. The lowest BCUT2D eigenvalue weighted by Crippen LogP contribution is -2.32. The SMILES string of the molecule is CNCCCN(C)S(=O)(=O)CCc1ccccn1. The minimum Gasteiger partial charge on any atom is -0.320 e. The summed E-state index contributed by atoms with van der Waals surface area (Å²) in [7, 11) is 0.312. The molecule has 0 spiro atoms. The highest BCUT2D eigenvalue weighted by Crippen LogP contribution is 2.03. The number of rotatable bonds is 8. The Balaban J connectivity index is 2.44. The molecule has 1 aromatic heterocycles. The Morgan fingerprint density at radius 3 is 2.78 bits per heavy atom. The van der Waals surface area contributed by atoms with E-state index in [4.69, 9.17) is 0 Å². The predicted octanol–water partition coefficient (Wildman–Crippen LogP) is 0.495. The minimum absolute atomic E-state index is 0.111. The van der Waals surface area contributed by atoms with Gasteiger partial charge in [-0.3, -0.25) is 4.98 Å². The number of hydrogen-bond acceptors (Lipinski definition) is 4. The minimum atomic E-state index is -3.17. The summed E-state index contributed by atoms with van der Waals surface area (Å²) in [5, 5.41) is 3.00. The van der Waals surface area contributed by atoms with Gasteiger partial charge in [-0.1, -0.05) is 6.07 Å². The third kappa shape index (κ3) is 5.12. The van der Waals surface area contributed by atoms with Crippen LogP contribution >= 0.6 is 0 Å². The number of hydrogen-bond donors (Lipinski definition) is 1. The highest BCUT2D eigenvalue weighted by molar-refractivity contribution is 7.89. The van der Waals surface area contributed by atoms with Gasteiger partial charge in [-0.25, -0.2) is 12.7 Å². The molecule has 0 atom stereocenters. The third-order valence-corrected chi connectivity index (χ3v) is 4.57. The Hall–Kier alpha value is -0.980. The van der Waals surface area contributed by atoms with Gasteiger partial charge < -0.3 is 5.32 Å². The van der Waals surface area contributed by atoms with Gasteiger partial charge in [-0.05, 0) is 32.1 Å². The van der Waals surface area contributed by atoms with Crippen molar-refractivity contribution < 1.29 is 8.42 Å². The molecule has 0 saturated carbocycles. The monoisotopic (exact) mass is 271 g/mol. The van der Waals surface area contributed by atoms with Crippen LogP contribution in [0.2, 0.25) is 0 Å². The molecule has 5 nitrogen and oxygen atoms in total. The number of aryl methyl sites for hydroxylation is 1. The van der Waals surface area contributed by atoms with Gasteiger partial charge in [0.25, 0.3) is 0 Å². The zero-order valence-electron chi connectivity index (χ0n) is 11.0. The molecule has 0 amide bonds. The van der Waals surface area contributed by atoms with Gasteiger partial charge in [0.15, 0.2) is 0 Å². The first-order valence-electron chi connectivity index (χ1n) is 6.05. The molecule has 1 N–H and O–H groups in total. The number of sulfonamides is 1. The van der Waals surface area contributed by atoms with Crippen molar-refractivity contribution in [2.45, 2.75) is 12.8 Å². The van der Waals surface area contributed by atoms with E-state index < -0.39 is 10.0 Å². The molecule has 102 valence electrons. The molecule has 1 heterocycles. The fraction of sp³-hybridized carbons (Fsp3) is 0.583. The highest BCUT2D eigenvalue weighted by Gasteiger charge is 2.17. The topological polar surface area (TPSA) is 62.3 Å². The summed E-state index contributed by atoms with van der Waals surface area (Å²) in [5.74, 6) is 0.111. The van der Waals surface area contributed by atoms with E-state index in [1.165, 1.54) is 4.31 Å². The largest absolute Gasteiger partial charge is 0.320 e. The van der Waals surface area contributed by atoms with Crippen molar-refractivity contribution >= 4 is 10.0 Å². The van der Waals surface area contributed by atoms with Crippen molar-refractivity contribution in [2.24, 2.45) is 0 Å². The second-order valence-electron chi connectivity index (χ2n) is 4.17. The average molecular weight is 271 g/mol. The highest BCUT2D eigenvalue weighted by atomic mass is 32.2. The van der Waals surface area contributed by atoms with Gasteiger partial charge in [0.05, 0.1) is 5.75 Å². The lowest BCUT2D eigenvalue weighted by atomic mass is 10.3. The molecular weight excluding hydrogens is 250 g/mol. The van der Waals surface area contributed by atoms with Crippen molar-refractivity contribution in [3.63, 3.8) is 0 Å². The van der Waals surface area contributed by atoms with Crippen molar-refractivity contribution in [3.05, 3.63) is 30.1 Å². The van der Waals surface area contributed by atoms with Crippen LogP contribution in [0.1, 0.15) is 12.1 Å². The second-order valence-corrected chi connectivity index (χ2v) is 6.36. The zero-order chi connectivity index (χ0) is 13.4. The van der Waals surface area contributed by atoms with E-state index in [1.807, 2.05) is 25.2 Å². The number of nitrogens with one attached hydrogen (secondary N) is 1. The van der Waals surface area contributed by atoms with Gasteiger partial charge in [-0.15, -0.1) is 0 Å². The lowest BCUT2D eigenvalue weighted by molar-refractivity contribution is 0.457. The predicted molar refractivity (Wildman–Crippen MR) is 72.9 cm³/mol. The summed E-state index contributed by atoms with van der Waals surface area (Å²) in [6.45, 7) is 1.37. The molecule has 18 heavy (non-hydrogen) atoms. The summed E-state index contributed by atoms with van der Waals surface area (Å²) in [5.41, 5.74) is 0.810. The Morgan fingerprint density at radius 1 is 1.39 bits per heavy atom. The molecule has 0 aromatic carbocycles. The summed E-state index contributed by atoms with van der Waals surface area (Å²) >= 11 is 0. The van der Waals surface area contributed by atoms with E-state index in [1.54, 1.807) is 13.2 Å². The second kappa shape index (κ2) is 7.45. The molecule has 0 aliphatic rings. The van der Waals surface area contributed by atoms with Crippen LogP contribution in [-0.2, 0) is 16.4 Å². The fourth-order valence-corrected chi connectivity index (χ4v) is 2.74. The number of nitrogens with zero attached hydrogens (tertiary/aromatic N) is 2. The molecule has 0 bridgehead atoms. The van der Waals surface area contributed by atoms with E-state index in [2.05, 4.69) is 10.3 Å². The van der Waals surface area contributed by atoms with Crippen LogP contribution in [0.25, 0.3) is 0 Å². The Morgan fingerprint density at radius 2 is 2.17 bits per heavy atom. The van der Waals surface area contributed by atoms with Crippen LogP contribution in [0.3, 0.4) is 0 Å². The molecule has 0 aliphatic heterocycles. The maximum Gasteiger partial charge on any atom is 0.214 e. The first-order valence-corrected chi connectivity index (χ1v) is 7.65. The molecular formula is C12H21N3O2S. The molecule has 0 radical (unpaired) electrons. The van der Waals surface area contributed by atoms with E-state index in [9.17, 15) is 8.42 Å². The molecule has 1 rings (SSSR count). The maximum atomic E-state index is 12.0. The smallest absolute Gasteiger partial charge is 0.214 e. The molecule has 0 fully saturated rings. The Kier molecular flexibility index (Phi) is 6.24. The number of pyridine rings is 1. The molecule has 1 aromatic rings. The van der Waals surface area contributed by atoms with Gasteiger partial charge in [-0.2, -0.15) is 0 Å². The summed E-state index contributed by atoms with van der Waals surface area (Å²) in [6, 6.07) is 5.53. The van der Waals surface area contributed by atoms with E-state index >= 15 is 0 Å². The maximum absolute atomic E-state index is 12.0. The summed E-state index contributed by atoms with van der Waals surface area (Å²) in [4.78, 5) is 4.12. The van der Waals surface area contributed by atoms with E-state index in [-0.39, 0.29) is 5.75 Å². The van der Waals surface area contributed by atoms with Crippen molar-refractivity contribution in [1.82, 2.24) is 14.6 Å². The molecule has 0 saturated heterocycles. The fourth-order valence-electron chi connectivity index (χ4n) is 1.55. The summed E-state index contributed by atoms with van der Waals surface area (Å²) in [6.07, 6.45) is 2.95. The van der Waals surface area contributed by atoms with Crippen molar-refractivity contribution in [2.75, 3.05) is 32.9 Å². The van der Waals surface area contributed by atoms with Crippen LogP contribution in [-0.4, -0.2) is 50.6 Å². The van der Waals surface area contributed by atoms with E-state index in [0.29, 0.717) is 13.0 Å². The van der Waals surface area contributed by atoms with Gasteiger partial charge in [0.2, 0.25) is 10.0 Å². The van der Waals surface area contributed by atoms with E-state index in [0.717, 1.165) is 18.7 Å². The van der Waals surface area contributed by atoms with Crippen LogP contribution in [0.5, 0.6) is 0 Å². The van der Waals surface area contributed by atoms with Crippen molar-refractivity contribution in [3.8, 4) is 0 Å². The quantitative estimate of drug-likeness (QED) is 0.699. The van der Waals surface area contributed by atoms with Crippen LogP contribution in [0.4, 0.5) is 0 Å². The molecule has 0 unspecified atom stereocenters. The Bertz CT molecular complexity index is 434. The van der Waals surface area contributed by atoms with Gasteiger partial charge >= 0.3 is 0 Å². The molecule has 0 aliphatic carbocycles. The van der Waals surface area contributed by atoms with Crippen LogP contribution in [0.15, 0.2) is 24.4 Å².